The predicted octanol–water partition coefficient (Wildman–Crippen LogP) is 0.187. The van der Waals surface area contributed by atoms with Crippen LogP contribution in [0.25, 0.3) is 0 Å². The third kappa shape index (κ3) is 2.93. The molecule has 1 aromatic rings. The van der Waals surface area contributed by atoms with E-state index in [-0.39, 0.29) is 17.4 Å². The van der Waals surface area contributed by atoms with Crippen molar-refractivity contribution in [2.75, 3.05) is 26.2 Å². The van der Waals surface area contributed by atoms with Crippen LogP contribution >= 0.6 is 0 Å². The molecule has 1 saturated carbocycles. The number of ether oxygens (including phenoxy) is 1. The van der Waals surface area contributed by atoms with Crippen LogP contribution in [0.2, 0.25) is 0 Å². The topological polar surface area (TPSA) is 67.7 Å². The Morgan fingerprint density at radius 3 is 2.83 bits per heavy atom. The van der Waals surface area contributed by atoms with Crippen LogP contribution in [0.5, 0.6) is 0 Å². The average molecular weight is 340 g/mol. The molecule has 0 spiro atoms. The number of sulfonamides is 1. The van der Waals surface area contributed by atoms with Crippen molar-refractivity contribution in [3.05, 3.63) is 18.2 Å². The summed E-state index contributed by atoms with van der Waals surface area (Å²) in [6.07, 6.45) is 6.24. The Morgan fingerprint density at radius 1 is 1.30 bits per heavy atom. The van der Waals surface area contributed by atoms with Gasteiger partial charge in [0.1, 0.15) is 0 Å². The largest absolute Gasteiger partial charge is 0.375 e. The third-order valence-corrected chi connectivity index (χ3v) is 7.61. The van der Waals surface area contributed by atoms with E-state index in [0.717, 1.165) is 44.6 Å². The van der Waals surface area contributed by atoms with Gasteiger partial charge in [-0.2, -0.15) is 4.31 Å². The summed E-state index contributed by atoms with van der Waals surface area (Å²) in [5.41, 5.74) is 1.15. The molecule has 3 aliphatic rings. The first-order valence-electron chi connectivity index (χ1n) is 8.35. The number of morpholine rings is 1. The second-order valence-corrected chi connectivity index (χ2v) is 9.02. The van der Waals surface area contributed by atoms with Gasteiger partial charge in [-0.25, -0.2) is 13.4 Å². The Kier molecular flexibility index (Phi) is 3.95. The van der Waals surface area contributed by atoms with Gasteiger partial charge in [0.15, 0.2) is 0 Å². The molecule has 3 fully saturated rings. The zero-order chi connectivity index (χ0) is 16.0. The van der Waals surface area contributed by atoms with Crippen molar-refractivity contribution in [3.63, 3.8) is 0 Å². The molecule has 0 N–H and O–H groups in total. The van der Waals surface area contributed by atoms with Gasteiger partial charge in [-0.05, 0) is 19.3 Å². The summed E-state index contributed by atoms with van der Waals surface area (Å²) in [6.45, 7) is 3.50. The average Bonchev–Trinajstić information content (AvgIpc) is 3.33. The molecule has 1 aliphatic carbocycles. The van der Waals surface area contributed by atoms with E-state index in [4.69, 9.17) is 4.74 Å². The van der Waals surface area contributed by atoms with Crippen LogP contribution in [0.15, 0.2) is 12.5 Å². The Hall–Kier alpha value is -0.960. The van der Waals surface area contributed by atoms with Crippen LogP contribution in [0.1, 0.15) is 25.0 Å². The van der Waals surface area contributed by atoms with E-state index in [1.165, 1.54) is 0 Å². The Morgan fingerprint density at radius 2 is 2.13 bits per heavy atom. The van der Waals surface area contributed by atoms with Crippen molar-refractivity contribution in [3.8, 4) is 0 Å². The highest BCUT2D eigenvalue weighted by atomic mass is 32.2. The number of nitrogens with zero attached hydrogens (tertiary/aromatic N) is 4. The number of piperidine rings is 1. The van der Waals surface area contributed by atoms with Crippen LogP contribution in [-0.4, -0.2) is 70.8 Å². The fraction of sp³-hybridized carbons (Fsp3) is 0.800. The maximum atomic E-state index is 12.7. The molecule has 0 amide bonds. The van der Waals surface area contributed by atoms with E-state index < -0.39 is 10.0 Å². The summed E-state index contributed by atoms with van der Waals surface area (Å²) in [4.78, 5) is 6.48. The maximum Gasteiger partial charge on any atom is 0.217 e. The van der Waals surface area contributed by atoms with Crippen molar-refractivity contribution in [1.29, 1.82) is 0 Å². The molecule has 2 aliphatic heterocycles. The zero-order valence-electron chi connectivity index (χ0n) is 13.5. The lowest BCUT2D eigenvalue weighted by molar-refractivity contribution is -0.0772. The first-order chi connectivity index (χ1) is 11.1. The van der Waals surface area contributed by atoms with Gasteiger partial charge in [-0.3, -0.25) is 4.90 Å². The second kappa shape index (κ2) is 5.84. The van der Waals surface area contributed by atoms with Gasteiger partial charge in [-0.15, -0.1) is 0 Å². The lowest BCUT2D eigenvalue weighted by Crippen LogP contribution is -2.61. The number of hydrogen-bond acceptors (Lipinski definition) is 5. The number of fused-ring (bicyclic) bond motifs is 1. The van der Waals surface area contributed by atoms with Gasteiger partial charge < -0.3 is 9.30 Å². The molecule has 0 bridgehead atoms. The van der Waals surface area contributed by atoms with Gasteiger partial charge >= 0.3 is 0 Å². The van der Waals surface area contributed by atoms with Crippen molar-refractivity contribution < 1.29 is 13.2 Å². The highest BCUT2D eigenvalue weighted by Crippen LogP contribution is 2.35. The standard InChI is InChI=1S/C15H24N4O3S/c1-17-11-16-8-12(17)9-18-5-4-15-14(10-18)19(6-7-22-15)23(20,21)13-2-3-13/h8,11,13-15H,2-7,9-10H2,1H3/t14-,15-/m1/s1. The van der Waals surface area contributed by atoms with E-state index in [1.54, 1.807) is 10.6 Å². The molecule has 8 heteroatoms. The van der Waals surface area contributed by atoms with Crippen molar-refractivity contribution in [2.45, 2.75) is 43.2 Å². The Labute approximate surface area is 137 Å². The molecular formula is C15H24N4O3S. The molecule has 0 radical (unpaired) electrons. The number of likely N-dealkylation sites (tertiary alicyclic amines) is 1. The minimum absolute atomic E-state index is 0.0417. The van der Waals surface area contributed by atoms with Crippen molar-refractivity contribution in [2.24, 2.45) is 7.05 Å². The first kappa shape index (κ1) is 15.6. The van der Waals surface area contributed by atoms with Crippen LogP contribution in [0.4, 0.5) is 0 Å². The van der Waals surface area contributed by atoms with Crippen LogP contribution < -0.4 is 0 Å². The number of imidazole rings is 1. The lowest BCUT2D eigenvalue weighted by Gasteiger charge is -2.46. The normalized spacial score (nSPS) is 30.3. The van der Waals surface area contributed by atoms with Crippen LogP contribution in [0, 0.1) is 0 Å². The minimum Gasteiger partial charge on any atom is -0.375 e. The summed E-state index contributed by atoms with van der Waals surface area (Å²) < 4.78 is 35.1. The molecule has 128 valence electrons. The summed E-state index contributed by atoms with van der Waals surface area (Å²) >= 11 is 0. The zero-order valence-corrected chi connectivity index (χ0v) is 14.3. The third-order valence-electron chi connectivity index (χ3n) is 5.19. The minimum atomic E-state index is -3.14. The summed E-state index contributed by atoms with van der Waals surface area (Å²) in [5.74, 6) is 0. The van der Waals surface area contributed by atoms with Crippen LogP contribution in [-0.2, 0) is 28.4 Å². The van der Waals surface area contributed by atoms with E-state index in [1.807, 2.05) is 17.8 Å². The molecule has 2 saturated heterocycles. The number of rotatable bonds is 4. The van der Waals surface area contributed by atoms with E-state index >= 15 is 0 Å². The molecule has 4 rings (SSSR count). The Balaban J connectivity index is 1.50. The second-order valence-electron chi connectivity index (χ2n) is 6.85. The molecule has 0 aromatic carbocycles. The lowest BCUT2D eigenvalue weighted by atomic mass is 10.0. The van der Waals surface area contributed by atoms with E-state index in [2.05, 4.69) is 9.88 Å². The summed E-state index contributed by atoms with van der Waals surface area (Å²) in [5, 5.41) is -0.145. The number of aromatic nitrogens is 2. The molecule has 2 atom stereocenters. The van der Waals surface area contributed by atoms with Gasteiger partial charge in [0.2, 0.25) is 10.0 Å². The van der Waals surface area contributed by atoms with Gasteiger partial charge in [0, 0.05) is 39.4 Å². The van der Waals surface area contributed by atoms with E-state index in [0.29, 0.717) is 13.2 Å². The smallest absolute Gasteiger partial charge is 0.217 e. The molecule has 3 heterocycles. The van der Waals surface area contributed by atoms with Gasteiger partial charge in [0.25, 0.3) is 0 Å². The molecule has 1 aromatic heterocycles. The SMILES string of the molecule is Cn1cncc1CN1CC[C@H]2OCCN(S(=O)(=O)C3CC3)[C@@H]2C1. The number of hydrogen-bond donors (Lipinski definition) is 0. The van der Waals surface area contributed by atoms with Gasteiger partial charge in [0.05, 0.1) is 36.0 Å². The van der Waals surface area contributed by atoms with E-state index in [9.17, 15) is 8.42 Å². The molecular weight excluding hydrogens is 316 g/mol. The fourth-order valence-corrected chi connectivity index (χ4v) is 5.71. The van der Waals surface area contributed by atoms with Gasteiger partial charge in [-0.1, -0.05) is 0 Å². The fourth-order valence-electron chi connectivity index (χ4n) is 3.69. The summed E-state index contributed by atoms with van der Waals surface area (Å²) in [7, 11) is -1.15. The first-order valence-corrected chi connectivity index (χ1v) is 9.86. The van der Waals surface area contributed by atoms with Crippen molar-refractivity contribution in [1.82, 2.24) is 18.8 Å². The molecule has 0 unspecified atom stereocenters. The Bertz CT molecular complexity index is 670. The number of aryl methyl sites for hydroxylation is 1. The summed E-state index contributed by atoms with van der Waals surface area (Å²) in [6, 6.07) is -0.0451. The quantitative estimate of drug-likeness (QED) is 0.783. The maximum absolute atomic E-state index is 12.7. The molecule has 23 heavy (non-hydrogen) atoms. The highest BCUT2D eigenvalue weighted by Gasteiger charge is 2.47. The van der Waals surface area contributed by atoms with Crippen LogP contribution in [0.3, 0.4) is 0 Å². The monoisotopic (exact) mass is 340 g/mol. The molecule has 7 nitrogen and oxygen atoms in total. The highest BCUT2D eigenvalue weighted by molar-refractivity contribution is 7.90. The van der Waals surface area contributed by atoms with Crippen molar-refractivity contribution >= 4 is 10.0 Å². The predicted molar refractivity (Wildman–Crippen MR) is 85.3 cm³/mol.